The van der Waals surface area contributed by atoms with Crippen molar-refractivity contribution in [1.29, 1.82) is 0 Å². The van der Waals surface area contributed by atoms with Gasteiger partial charge in [-0.3, -0.25) is 0 Å². The lowest BCUT2D eigenvalue weighted by atomic mass is 10.1. The van der Waals surface area contributed by atoms with Crippen LogP contribution in [0.5, 0.6) is 5.75 Å². The first-order valence-electron chi connectivity index (χ1n) is 6.89. The Hall–Kier alpha value is -1.87. The van der Waals surface area contributed by atoms with Crippen molar-refractivity contribution in [2.24, 2.45) is 0 Å². The third-order valence-electron chi connectivity index (χ3n) is 3.40. The lowest BCUT2D eigenvalue weighted by molar-refractivity contribution is 0.414. The number of hydrogen-bond acceptors (Lipinski definition) is 3. The molecule has 0 radical (unpaired) electrons. The number of hydrogen-bond donors (Lipinski definition) is 1. The van der Waals surface area contributed by atoms with Crippen molar-refractivity contribution < 1.29 is 4.74 Å². The van der Waals surface area contributed by atoms with E-state index in [9.17, 15) is 0 Å². The van der Waals surface area contributed by atoms with Gasteiger partial charge in [-0.2, -0.15) is 0 Å². The summed E-state index contributed by atoms with van der Waals surface area (Å²) in [6, 6.07) is 14.1. The topological polar surface area (TPSA) is 24.5 Å². The van der Waals surface area contributed by atoms with Gasteiger partial charge in [0, 0.05) is 20.1 Å². The number of para-hydroxylation sites is 1. The molecule has 21 heavy (non-hydrogen) atoms. The number of nitrogens with zero attached hydrogens (tertiary/aromatic N) is 1. The van der Waals surface area contributed by atoms with E-state index >= 15 is 0 Å². The number of benzene rings is 2. The van der Waals surface area contributed by atoms with Crippen LogP contribution in [0.4, 0.5) is 11.4 Å². The smallest absolute Gasteiger partial charge is 0.119 e. The molecule has 0 aliphatic heterocycles. The highest BCUT2D eigenvalue weighted by molar-refractivity contribution is 6.34. The van der Waals surface area contributed by atoms with Crippen LogP contribution in [-0.2, 0) is 0 Å². The molecule has 0 saturated carbocycles. The van der Waals surface area contributed by atoms with E-state index < -0.39 is 0 Å². The Balaban J connectivity index is 2.27. The van der Waals surface area contributed by atoms with Crippen molar-refractivity contribution in [3.63, 3.8) is 0 Å². The van der Waals surface area contributed by atoms with Crippen molar-refractivity contribution in [3.8, 4) is 5.75 Å². The van der Waals surface area contributed by atoms with Crippen LogP contribution in [0.3, 0.4) is 0 Å². The average molecular weight is 305 g/mol. The highest BCUT2D eigenvalue weighted by Gasteiger charge is 2.12. The minimum Gasteiger partial charge on any atom is -0.497 e. The number of methoxy groups -OCH3 is 1. The number of rotatable bonds is 5. The Labute approximate surface area is 131 Å². The average Bonchev–Trinajstić information content (AvgIpc) is 2.47. The van der Waals surface area contributed by atoms with Crippen LogP contribution < -0.4 is 15.0 Å². The molecule has 0 aliphatic rings. The molecule has 0 heterocycles. The van der Waals surface area contributed by atoms with E-state index in [-0.39, 0.29) is 6.04 Å². The molecule has 0 spiro atoms. The summed E-state index contributed by atoms with van der Waals surface area (Å²) in [6.45, 7) is 2.12. The van der Waals surface area contributed by atoms with E-state index in [1.54, 1.807) is 7.11 Å². The number of anilines is 2. The van der Waals surface area contributed by atoms with Crippen molar-refractivity contribution in [3.05, 3.63) is 53.1 Å². The van der Waals surface area contributed by atoms with Gasteiger partial charge in [0.05, 0.1) is 23.5 Å². The molecule has 112 valence electrons. The standard InChI is InChI=1S/C17H21ClN2O/c1-12(13-7-5-8-14(11-13)21-4)19-16-10-6-9-15(18)17(16)20(2)3/h5-12,19H,1-4H3. The third-order valence-corrected chi connectivity index (χ3v) is 3.70. The zero-order valence-corrected chi connectivity index (χ0v) is 13.6. The first kappa shape index (κ1) is 15.5. The largest absolute Gasteiger partial charge is 0.497 e. The first-order chi connectivity index (χ1) is 10.0. The fraction of sp³-hybridized carbons (Fsp3) is 0.294. The van der Waals surface area contributed by atoms with Crippen LogP contribution in [0.1, 0.15) is 18.5 Å². The molecule has 0 bridgehead atoms. The van der Waals surface area contributed by atoms with Crippen LogP contribution in [0, 0.1) is 0 Å². The minimum absolute atomic E-state index is 0.150. The predicted octanol–water partition coefficient (Wildman–Crippen LogP) is 4.59. The first-order valence-corrected chi connectivity index (χ1v) is 7.27. The molecule has 1 atom stereocenters. The molecule has 0 aromatic heterocycles. The summed E-state index contributed by atoms with van der Waals surface area (Å²) in [4.78, 5) is 2.02. The van der Waals surface area contributed by atoms with Crippen molar-refractivity contribution >= 4 is 23.0 Å². The fourth-order valence-corrected chi connectivity index (χ4v) is 2.66. The normalized spacial score (nSPS) is 11.9. The van der Waals surface area contributed by atoms with E-state index in [2.05, 4.69) is 18.3 Å². The SMILES string of the molecule is COc1cccc(C(C)Nc2cccc(Cl)c2N(C)C)c1. The molecule has 1 N–H and O–H groups in total. The summed E-state index contributed by atoms with van der Waals surface area (Å²) in [6.07, 6.45) is 0. The van der Waals surface area contributed by atoms with E-state index in [1.807, 2.05) is 55.4 Å². The highest BCUT2D eigenvalue weighted by Crippen LogP contribution is 2.34. The zero-order valence-electron chi connectivity index (χ0n) is 12.9. The second kappa shape index (κ2) is 6.72. The van der Waals surface area contributed by atoms with Gasteiger partial charge >= 0.3 is 0 Å². The van der Waals surface area contributed by atoms with Gasteiger partial charge in [-0.25, -0.2) is 0 Å². The van der Waals surface area contributed by atoms with Gasteiger partial charge < -0.3 is 15.0 Å². The number of halogens is 1. The molecule has 0 aliphatic carbocycles. The Morgan fingerprint density at radius 2 is 1.86 bits per heavy atom. The fourth-order valence-electron chi connectivity index (χ4n) is 2.31. The van der Waals surface area contributed by atoms with E-state index in [1.165, 1.54) is 5.56 Å². The van der Waals surface area contributed by atoms with Gasteiger partial charge in [0.2, 0.25) is 0 Å². The lowest BCUT2D eigenvalue weighted by Gasteiger charge is -2.23. The number of nitrogens with one attached hydrogen (secondary N) is 1. The third kappa shape index (κ3) is 3.61. The molecule has 1 unspecified atom stereocenters. The maximum absolute atomic E-state index is 6.30. The molecule has 2 aromatic rings. The Morgan fingerprint density at radius 3 is 2.52 bits per heavy atom. The Morgan fingerprint density at radius 1 is 1.14 bits per heavy atom. The summed E-state index contributed by atoms with van der Waals surface area (Å²) in [5, 5.41) is 4.26. The van der Waals surface area contributed by atoms with Crippen molar-refractivity contribution in [2.75, 3.05) is 31.4 Å². The second-order valence-electron chi connectivity index (χ2n) is 5.17. The maximum Gasteiger partial charge on any atom is 0.119 e. The van der Waals surface area contributed by atoms with Crippen LogP contribution in [0.2, 0.25) is 5.02 Å². The van der Waals surface area contributed by atoms with E-state index in [0.717, 1.165) is 22.1 Å². The summed E-state index contributed by atoms with van der Waals surface area (Å²) >= 11 is 6.30. The minimum atomic E-state index is 0.150. The highest BCUT2D eigenvalue weighted by atomic mass is 35.5. The quantitative estimate of drug-likeness (QED) is 0.874. The second-order valence-corrected chi connectivity index (χ2v) is 5.58. The summed E-state index contributed by atoms with van der Waals surface area (Å²) < 4.78 is 5.28. The molecule has 2 rings (SSSR count). The van der Waals surface area contributed by atoms with Gasteiger partial charge in [0.15, 0.2) is 0 Å². The van der Waals surface area contributed by atoms with Crippen LogP contribution in [0.25, 0.3) is 0 Å². The van der Waals surface area contributed by atoms with E-state index in [0.29, 0.717) is 0 Å². The molecule has 0 fully saturated rings. The molecule has 0 saturated heterocycles. The summed E-state index contributed by atoms with van der Waals surface area (Å²) in [7, 11) is 5.66. The molecule has 0 amide bonds. The summed E-state index contributed by atoms with van der Waals surface area (Å²) in [5.41, 5.74) is 3.18. The van der Waals surface area contributed by atoms with Gasteiger partial charge in [-0.05, 0) is 36.8 Å². The van der Waals surface area contributed by atoms with Crippen LogP contribution in [0.15, 0.2) is 42.5 Å². The predicted molar refractivity (Wildman–Crippen MR) is 90.8 cm³/mol. The Kier molecular flexibility index (Phi) is 4.97. The zero-order chi connectivity index (χ0) is 15.4. The summed E-state index contributed by atoms with van der Waals surface area (Å²) in [5.74, 6) is 0.861. The Bertz CT molecular complexity index is 613. The van der Waals surface area contributed by atoms with Gasteiger partial charge in [0.25, 0.3) is 0 Å². The molecule has 2 aromatic carbocycles. The van der Waals surface area contributed by atoms with Crippen molar-refractivity contribution in [1.82, 2.24) is 0 Å². The molecular formula is C17H21ClN2O. The number of ether oxygens (including phenoxy) is 1. The van der Waals surface area contributed by atoms with Gasteiger partial charge in [-0.1, -0.05) is 29.8 Å². The maximum atomic E-state index is 6.30. The molecular weight excluding hydrogens is 284 g/mol. The van der Waals surface area contributed by atoms with Crippen molar-refractivity contribution in [2.45, 2.75) is 13.0 Å². The van der Waals surface area contributed by atoms with Gasteiger partial charge in [0.1, 0.15) is 5.75 Å². The van der Waals surface area contributed by atoms with Crippen LogP contribution >= 0.6 is 11.6 Å². The molecule has 3 nitrogen and oxygen atoms in total. The van der Waals surface area contributed by atoms with Crippen LogP contribution in [-0.4, -0.2) is 21.2 Å². The molecule has 4 heteroatoms. The van der Waals surface area contributed by atoms with Gasteiger partial charge in [-0.15, -0.1) is 0 Å². The monoisotopic (exact) mass is 304 g/mol. The van der Waals surface area contributed by atoms with E-state index in [4.69, 9.17) is 16.3 Å². The lowest BCUT2D eigenvalue weighted by Crippen LogP contribution is -2.14.